The molecule has 6 nitrogen and oxygen atoms in total. The molecule has 2 heterocycles. The molecule has 2 rings (SSSR count). The van der Waals surface area contributed by atoms with E-state index in [0.29, 0.717) is 24.9 Å². The van der Waals surface area contributed by atoms with Gasteiger partial charge >= 0.3 is 0 Å². The summed E-state index contributed by atoms with van der Waals surface area (Å²) in [7, 11) is 1.82. The lowest BCUT2D eigenvalue weighted by atomic mass is 10.1. The number of amides is 1. The molecule has 2 N–H and O–H groups in total. The number of carbonyl (C=O) groups is 1. The van der Waals surface area contributed by atoms with Gasteiger partial charge in [-0.1, -0.05) is 0 Å². The van der Waals surface area contributed by atoms with E-state index in [1.165, 1.54) is 0 Å². The third-order valence-corrected chi connectivity index (χ3v) is 2.95. The van der Waals surface area contributed by atoms with Gasteiger partial charge in [-0.05, 0) is 25.9 Å². The van der Waals surface area contributed by atoms with Crippen LogP contribution < -0.4 is 10.6 Å². The van der Waals surface area contributed by atoms with E-state index in [0.717, 1.165) is 25.9 Å². The van der Waals surface area contributed by atoms with Crippen LogP contribution in [0, 0.1) is 0 Å². The van der Waals surface area contributed by atoms with Crippen molar-refractivity contribution in [1.29, 1.82) is 0 Å². The van der Waals surface area contributed by atoms with E-state index in [1.807, 2.05) is 7.05 Å². The molecule has 1 fully saturated rings. The summed E-state index contributed by atoms with van der Waals surface area (Å²) < 4.78 is 7.32. The number of hydrogen-bond acceptors (Lipinski definition) is 4. The molecule has 0 spiro atoms. The molecule has 1 aromatic heterocycles. The highest BCUT2D eigenvalue weighted by Gasteiger charge is 2.13. The second-order valence-electron chi connectivity index (χ2n) is 4.49. The van der Waals surface area contributed by atoms with Crippen molar-refractivity contribution in [1.82, 2.24) is 15.1 Å². The molecular weight excluding hydrogens is 232 g/mol. The Labute approximate surface area is 107 Å². The van der Waals surface area contributed by atoms with Crippen molar-refractivity contribution >= 4 is 11.7 Å². The lowest BCUT2D eigenvalue weighted by Crippen LogP contribution is -2.33. The molecule has 0 radical (unpaired) electrons. The van der Waals surface area contributed by atoms with Gasteiger partial charge < -0.3 is 15.4 Å². The second kappa shape index (κ2) is 6.51. The molecule has 1 saturated heterocycles. The molecular formula is C12H20N4O2. The largest absolute Gasteiger partial charge is 0.378 e. The molecule has 6 heteroatoms. The zero-order valence-corrected chi connectivity index (χ0v) is 10.7. The number of rotatable bonds is 5. The van der Waals surface area contributed by atoms with E-state index in [1.54, 1.807) is 16.9 Å². The summed E-state index contributed by atoms with van der Waals surface area (Å²) in [5, 5.41) is 10.1. The standard InChI is InChI=1S/C12H20N4O2/c1-16-8-4-11(15-16)14-12(17)5-9-18-10-2-6-13-7-3-10/h4,8,10,13H,2-3,5-7,9H2,1H3,(H,14,15,17). The zero-order chi connectivity index (χ0) is 12.8. The predicted octanol–water partition coefficient (Wildman–Crippen LogP) is 0.517. The maximum atomic E-state index is 11.6. The first kappa shape index (κ1) is 13.0. The fourth-order valence-corrected chi connectivity index (χ4v) is 1.97. The SMILES string of the molecule is Cn1ccc(NC(=O)CCOC2CCNCC2)n1. The van der Waals surface area contributed by atoms with Gasteiger partial charge in [-0.3, -0.25) is 9.48 Å². The van der Waals surface area contributed by atoms with Gasteiger partial charge in [0.25, 0.3) is 0 Å². The number of carbonyl (C=O) groups excluding carboxylic acids is 1. The van der Waals surface area contributed by atoms with Gasteiger partial charge in [0.15, 0.2) is 5.82 Å². The normalized spacial score (nSPS) is 16.7. The van der Waals surface area contributed by atoms with Gasteiger partial charge in [0.2, 0.25) is 5.91 Å². The minimum atomic E-state index is -0.0531. The number of nitrogens with zero attached hydrogens (tertiary/aromatic N) is 2. The lowest BCUT2D eigenvalue weighted by Gasteiger charge is -2.22. The maximum absolute atomic E-state index is 11.6. The second-order valence-corrected chi connectivity index (χ2v) is 4.49. The fraction of sp³-hybridized carbons (Fsp3) is 0.667. The van der Waals surface area contributed by atoms with Crippen LogP contribution in [0.15, 0.2) is 12.3 Å². The van der Waals surface area contributed by atoms with E-state index in [9.17, 15) is 4.79 Å². The smallest absolute Gasteiger partial charge is 0.227 e. The van der Waals surface area contributed by atoms with Crippen LogP contribution in [0.3, 0.4) is 0 Å². The third kappa shape index (κ3) is 4.12. The molecule has 100 valence electrons. The first-order valence-electron chi connectivity index (χ1n) is 6.36. The van der Waals surface area contributed by atoms with Gasteiger partial charge in [-0.15, -0.1) is 0 Å². The van der Waals surface area contributed by atoms with Crippen LogP contribution in [-0.4, -0.2) is 41.5 Å². The first-order chi connectivity index (χ1) is 8.74. The lowest BCUT2D eigenvalue weighted by molar-refractivity contribution is -0.117. The summed E-state index contributed by atoms with van der Waals surface area (Å²) in [5.41, 5.74) is 0. The van der Waals surface area contributed by atoms with Gasteiger partial charge in [0, 0.05) is 19.3 Å². The Bertz CT molecular complexity index is 385. The Morgan fingerprint density at radius 2 is 2.39 bits per heavy atom. The van der Waals surface area contributed by atoms with E-state index >= 15 is 0 Å². The zero-order valence-electron chi connectivity index (χ0n) is 10.7. The summed E-state index contributed by atoms with van der Waals surface area (Å²) in [6.07, 6.45) is 4.53. The third-order valence-electron chi connectivity index (χ3n) is 2.95. The maximum Gasteiger partial charge on any atom is 0.227 e. The number of ether oxygens (including phenoxy) is 1. The van der Waals surface area contributed by atoms with E-state index in [-0.39, 0.29) is 5.91 Å². The van der Waals surface area contributed by atoms with Crippen molar-refractivity contribution in [2.24, 2.45) is 7.05 Å². The van der Waals surface area contributed by atoms with E-state index in [2.05, 4.69) is 15.7 Å². The Hall–Kier alpha value is -1.40. The van der Waals surface area contributed by atoms with Crippen molar-refractivity contribution in [3.63, 3.8) is 0 Å². The molecule has 1 aliphatic heterocycles. The summed E-state index contributed by atoms with van der Waals surface area (Å²) in [4.78, 5) is 11.6. The van der Waals surface area contributed by atoms with Crippen molar-refractivity contribution in [3.05, 3.63) is 12.3 Å². The minimum absolute atomic E-state index is 0.0531. The van der Waals surface area contributed by atoms with Crippen LogP contribution >= 0.6 is 0 Å². The summed E-state index contributed by atoms with van der Waals surface area (Å²) >= 11 is 0. The number of aromatic nitrogens is 2. The van der Waals surface area contributed by atoms with Gasteiger partial charge in [-0.2, -0.15) is 5.10 Å². The van der Waals surface area contributed by atoms with Crippen molar-refractivity contribution in [3.8, 4) is 0 Å². The molecule has 0 saturated carbocycles. The van der Waals surface area contributed by atoms with Crippen molar-refractivity contribution in [2.45, 2.75) is 25.4 Å². The van der Waals surface area contributed by atoms with Crippen LogP contribution in [0.1, 0.15) is 19.3 Å². The summed E-state index contributed by atoms with van der Waals surface area (Å²) in [5.74, 6) is 0.534. The molecule has 1 amide bonds. The Morgan fingerprint density at radius 1 is 1.61 bits per heavy atom. The molecule has 0 atom stereocenters. The van der Waals surface area contributed by atoms with Crippen LogP contribution in [0.25, 0.3) is 0 Å². The number of piperidine rings is 1. The van der Waals surface area contributed by atoms with Gasteiger partial charge in [0.05, 0.1) is 19.1 Å². The highest BCUT2D eigenvalue weighted by molar-refractivity contribution is 5.89. The molecule has 0 bridgehead atoms. The Kier molecular flexibility index (Phi) is 4.72. The number of aryl methyl sites for hydroxylation is 1. The summed E-state index contributed by atoms with van der Waals surface area (Å²) in [6.45, 7) is 2.49. The number of nitrogens with one attached hydrogen (secondary N) is 2. The highest BCUT2D eigenvalue weighted by atomic mass is 16.5. The minimum Gasteiger partial charge on any atom is -0.378 e. The molecule has 0 unspecified atom stereocenters. The highest BCUT2D eigenvalue weighted by Crippen LogP contribution is 2.08. The van der Waals surface area contributed by atoms with Gasteiger partial charge in [-0.25, -0.2) is 0 Å². The fourth-order valence-electron chi connectivity index (χ4n) is 1.97. The predicted molar refractivity (Wildman–Crippen MR) is 68.3 cm³/mol. The van der Waals surface area contributed by atoms with E-state index < -0.39 is 0 Å². The molecule has 0 aliphatic carbocycles. The molecule has 1 aromatic rings. The summed E-state index contributed by atoms with van der Waals surface area (Å²) in [6, 6.07) is 1.77. The van der Waals surface area contributed by atoms with Crippen LogP contribution in [0.2, 0.25) is 0 Å². The molecule has 1 aliphatic rings. The first-order valence-corrected chi connectivity index (χ1v) is 6.36. The number of hydrogen-bond donors (Lipinski definition) is 2. The Morgan fingerprint density at radius 3 is 3.06 bits per heavy atom. The van der Waals surface area contributed by atoms with Crippen molar-refractivity contribution in [2.75, 3.05) is 25.0 Å². The monoisotopic (exact) mass is 252 g/mol. The Balaban J connectivity index is 1.62. The van der Waals surface area contributed by atoms with E-state index in [4.69, 9.17) is 4.74 Å². The van der Waals surface area contributed by atoms with Crippen LogP contribution in [-0.2, 0) is 16.6 Å². The van der Waals surface area contributed by atoms with Crippen LogP contribution in [0.4, 0.5) is 5.82 Å². The molecule has 0 aromatic carbocycles. The average molecular weight is 252 g/mol. The van der Waals surface area contributed by atoms with Crippen molar-refractivity contribution < 1.29 is 9.53 Å². The van der Waals surface area contributed by atoms with Gasteiger partial charge in [0.1, 0.15) is 0 Å². The molecule has 18 heavy (non-hydrogen) atoms. The average Bonchev–Trinajstić information content (AvgIpc) is 2.76. The quantitative estimate of drug-likeness (QED) is 0.801. The van der Waals surface area contributed by atoms with Crippen LogP contribution in [0.5, 0.6) is 0 Å². The number of anilines is 1. The topological polar surface area (TPSA) is 68.2 Å².